The molecule has 0 aliphatic carbocycles. The number of ether oxygens (including phenoxy) is 1. The van der Waals surface area contributed by atoms with Crippen LogP contribution in [0.1, 0.15) is 0 Å². The lowest BCUT2D eigenvalue weighted by Crippen LogP contribution is -2.14. The molecule has 1 heterocycles. The smallest absolute Gasteiger partial charge is 0.234 e. The van der Waals surface area contributed by atoms with Gasteiger partial charge in [-0.15, -0.1) is 5.10 Å². The van der Waals surface area contributed by atoms with Crippen LogP contribution in [0.15, 0.2) is 90.1 Å². The van der Waals surface area contributed by atoms with E-state index in [1.54, 1.807) is 16.8 Å². The summed E-state index contributed by atoms with van der Waals surface area (Å²) in [5, 5.41) is 15.1. The molecule has 0 unspecified atom stereocenters. The maximum absolute atomic E-state index is 12.3. The Morgan fingerprint density at radius 1 is 0.897 bits per heavy atom. The Morgan fingerprint density at radius 2 is 1.55 bits per heavy atom. The van der Waals surface area contributed by atoms with Crippen LogP contribution in [0.4, 0.5) is 5.69 Å². The number of hydrogen-bond donors (Lipinski definition) is 1. The SMILES string of the molecule is O=C(CSc1nnnn1-c1ccccc1)Nc1ccc(Oc2ccccc2)cc1. The zero-order valence-electron chi connectivity index (χ0n) is 15.3. The summed E-state index contributed by atoms with van der Waals surface area (Å²) in [7, 11) is 0. The van der Waals surface area contributed by atoms with Crippen molar-refractivity contribution in [2.45, 2.75) is 5.16 Å². The monoisotopic (exact) mass is 403 g/mol. The average Bonchev–Trinajstić information content (AvgIpc) is 3.24. The normalized spacial score (nSPS) is 10.5. The van der Waals surface area contributed by atoms with Gasteiger partial charge < -0.3 is 10.1 Å². The Bertz CT molecular complexity index is 1070. The first-order chi connectivity index (χ1) is 14.3. The molecule has 4 aromatic rings. The predicted molar refractivity (Wildman–Crippen MR) is 111 cm³/mol. The fourth-order valence-corrected chi connectivity index (χ4v) is 3.25. The molecule has 0 bridgehead atoms. The van der Waals surface area contributed by atoms with Crippen LogP contribution >= 0.6 is 11.8 Å². The number of carbonyl (C=O) groups is 1. The highest BCUT2D eigenvalue weighted by Gasteiger charge is 2.11. The van der Waals surface area contributed by atoms with Gasteiger partial charge in [-0.3, -0.25) is 4.79 Å². The van der Waals surface area contributed by atoms with Gasteiger partial charge in [-0.25, -0.2) is 0 Å². The first kappa shape index (κ1) is 18.7. The van der Waals surface area contributed by atoms with Gasteiger partial charge >= 0.3 is 0 Å². The summed E-state index contributed by atoms with van der Waals surface area (Å²) in [4.78, 5) is 12.3. The van der Waals surface area contributed by atoms with Crippen LogP contribution in [-0.2, 0) is 4.79 Å². The van der Waals surface area contributed by atoms with Crippen molar-refractivity contribution in [3.05, 3.63) is 84.9 Å². The highest BCUT2D eigenvalue weighted by atomic mass is 32.2. The van der Waals surface area contributed by atoms with E-state index in [1.165, 1.54) is 11.8 Å². The molecule has 0 fully saturated rings. The molecular weight excluding hydrogens is 386 g/mol. The molecule has 7 nitrogen and oxygen atoms in total. The lowest BCUT2D eigenvalue weighted by molar-refractivity contribution is -0.113. The fraction of sp³-hybridized carbons (Fsp3) is 0.0476. The lowest BCUT2D eigenvalue weighted by Gasteiger charge is -2.08. The molecule has 1 amide bonds. The van der Waals surface area contributed by atoms with Crippen LogP contribution in [0.3, 0.4) is 0 Å². The number of amides is 1. The number of benzene rings is 3. The zero-order valence-corrected chi connectivity index (χ0v) is 16.1. The molecule has 0 saturated heterocycles. The third-order valence-electron chi connectivity index (χ3n) is 3.89. The number of nitrogens with zero attached hydrogens (tertiary/aromatic N) is 4. The third kappa shape index (κ3) is 4.99. The van der Waals surface area contributed by atoms with Gasteiger partial charge in [-0.05, 0) is 59.0 Å². The molecule has 4 rings (SSSR count). The van der Waals surface area contributed by atoms with Crippen LogP contribution in [0.5, 0.6) is 11.5 Å². The van der Waals surface area contributed by atoms with E-state index in [-0.39, 0.29) is 11.7 Å². The fourth-order valence-electron chi connectivity index (χ4n) is 2.56. The van der Waals surface area contributed by atoms with Crippen molar-refractivity contribution in [2.75, 3.05) is 11.1 Å². The van der Waals surface area contributed by atoms with Gasteiger partial charge in [0.25, 0.3) is 0 Å². The molecule has 0 spiro atoms. The highest BCUT2D eigenvalue weighted by Crippen LogP contribution is 2.23. The zero-order chi connectivity index (χ0) is 19.9. The van der Waals surface area contributed by atoms with Gasteiger partial charge in [0.05, 0.1) is 11.4 Å². The Morgan fingerprint density at radius 3 is 2.28 bits per heavy atom. The van der Waals surface area contributed by atoms with E-state index in [4.69, 9.17) is 4.74 Å². The topological polar surface area (TPSA) is 81.9 Å². The maximum Gasteiger partial charge on any atom is 0.234 e. The number of para-hydroxylation sites is 2. The number of aromatic nitrogens is 4. The van der Waals surface area contributed by atoms with E-state index >= 15 is 0 Å². The van der Waals surface area contributed by atoms with Crippen LogP contribution in [0.2, 0.25) is 0 Å². The Hall–Kier alpha value is -3.65. The van der Waals surface area contributed by atoms with Crippen molar-refractivity contribution < 1.29 is 9.53 Å². The molecular formula is C21H17N5O2S. The minimum absolute atomic E-state index is 0.144. The molecule has 144 valence electrons. The number of tetrazole rings is 1. The minimum Gasteiger partial charge on any atom is -0.457 e. The quantitative estimate of drug-likeness (QED) is 0.466. The van der Waals surface area contributed by atoms with Crippen molar-refractivity contribution in [1.82, 2.24) is 20.2 Å². The largest absolute Gasteiger partial charge is 0.457 e. The summed E-state index contributed by atoms with van der Waals surface area (Å²) in [5.41, 5.74) is 1.54. The van der Waals surface area contributed by atoms with Crippen molar-refractivity contribution in [3.63, 3.8) is 0 Å². The van der Waals surface area contributed by atoms with Gasteiger partial charge in [-0.1, -0.05) is 48.2 Å². The second-order valence-corrected chi connectivity index (χ2v) is 6.93. The number of hydrogen-bond acceptors (Lipinski definition) is 6. The van der Waals surface area contributed by atoms with Crippen LogP contribution in [0, 0.1) is 0 Å². The summed E-state index contributed by atoms with van der Waals surface area (Å²) in [6.45, 7) is 0. The van der Waals surface area contributed by atoms with E-state index in [9.17, 15) is 4.79 Å². The molecule has 0 aliphatic rings. The number of anilines is 1. The average molecular weight is 403 g/mol. The second-order valence-electron chi connectivity index (χ2n) is 5.99. The molecule has 29 heavy (non-hydrogen) atoms. The number of carbonyl (C=O) groups excluding carboxylic acids is 1. The van der Waals surface area contributed by atoms with Gasteiger partial charge in [0.2, 0.25) is 11.1 Å². The van der Waals surface area contributed by atoms with E-state index in [2.05, 4.69) is 20.8 Å². The van der Waals surface area contributed by atoms with Crippen LogP contribution in [0.25, 0.3) is 5.69 Å². The van der Waals surface area contributed by atoms with Crippen molar-refractivity contribution in [3.8, 4) is 17.2 Å². The van der Waals surface area contributed by atoms with E-state index in [0.717, 1.165) is 11.4 Å². The first-order valence-electron chi connectivity index (χ1n) is 8.87. The molecule has 1 N–H and O–H groups in total. The first-order valence-corrected chi connectivity index (χ1v) is 9.86. The summed E-state index contributed by atoms with van der Waals surface area (Å²) in [6, 6.07) is 26.3. The molecule has 1 aromatic heterocycles. The third-order valence-corrected chi connectivity index (χ3v) is 4.81. The van der Waals surface area contributed by atoms with Gasteiger partial charge in [0.15, 0.2) is 0 Å². The molecule has 8 heteroatoms. The molecule has 3 aromatic carbocycles. The van der Waals surface area contributed by atoms with E-state index < -0.39 is 0 Å². The Labute approximate surface area is 171 Å². The van der Waals surface area contributed by atoms with Crippen molar-refractivity contribution >= 4 is 23.4 Å². The minimum atomic E-state index is -0.144. The number of thioether (sulfide) groups is 1. The molecule has 0 saturated carbocycles. The summed E-state index contributed by atoms with van der Waals surface area (Å²) in [5.74, 6) is 1.51. The second kappa shape index (κ2) is 9.03. The Kier molecular flexibility index (Phi) is 5.82. The molecule has 0 atom stereocenters. The van der Waals surface area contributed by atoms with E-state index in [0.29, 0.717) is 16.6 Å². The van der Waals surface area contributed by atoms with Gasteiger partial charge in [-0.2, -0.15) is 4.68 Å². The van der Waals surface area contributed by atoms with Gasteiger partial charge in [0.1, 0.15) is 11.5 Å². The summed E-state index contributed by atoms with van der Waals surface area (Å²) >= 11 is 1.27. The standard InChI is InChI=1S/C21H17N5O2S/c27-20(15-29-21-23-24-25-26(21)17-7-3-1-4-8-17)22-16-11-13-19(14-12-16)28-18-9-5-2-6-10-18/h1-14H,15H2,(H,22,27). The lowest BCUT2D eigenvalue weighted by atomic mass is 10.3. The van der Waals surface area contributed by atoms with Crippen LogP contribution in [-0.4, -0.2) is 31.9 Å². The van der Waals surface area contributed by atoms with Crippen LogP contribution < -0.4 is 10.1 Å². The number of rotatable bonds is 7. The van der Waals surface area contributed by atoms with Crippen molar-refractivity contribution in [2.24, 2.45) is 0 Å². The summed E-state index contributed by atoms with van der Waals surface area (Å²) < 4.78 is 7.35. The highest BCUT2D eigenvalue weighted by molar-refractivity contribution is 7.99. The molecule has 0 aliphatic heterocycles. The van der Waals surface area contributed by atoms with E-state index in [1.807, 2.05) is 72.8 Å². The predicted octanol–water partition coefficient (Wildman–Crippen LogP) is 4.19. The van der Waals surface area contributed by atoms with Crippen molar-refractivity contribution in [1.29, 1.82) is 0 Å². The molecule has 0 radical (unpaired) electrons. The van der Waals surface area contributed by atoms with Gasteiger partial charge in [0, 0.05) is 5.69 Å². The Balaban J connectivity index is 1.32. The summed E-state index contributed by atoms with van der Waals surface area (Å²) in [6.07, 6.45) is 0. The maximum atomic E-state index is 12.3. The number of nitrogens with one attached hydrogen (secondary N) is 1.